The molecule has 0 unspecified atom stereocenters. The molecule has 0 aliphatic rings. The maximum Gasteiger partial charge on any atom is 0.346 e. The molecule has 0 atom stereocenters. The molecule has 0 amide bonds. The van der Waals surface area contributed by atoms with Crippen molar-refractivity contribution in [1.82, 2.24) is 0 Å². The molecule has 46 valence electrons. The highest BCUT2D eigenvalue weighted by molar-refractivity contribution is 5.91. The largest absolute Gasteiger partial charge is 0.477 e. The van der Waals surface area contributed by atoms with Crippen LogP contribution in [0.4, 0.5) is 0 Å². The van der Waals surface area contributed by atoms with Crippen LogP contribution >= 0.6 is 0 Å². The predicted molar refractivity (Wildman–Crippen MR) is 31.5 cm³/mol. The van der Waals surface area contributed by atoms with Gasteiger partial charge in [0.1, 0.15) is 11.6 Å². The third kappa shape index (κ3) is 2.29. The van der Waals surface area contributed by atoms with Gasteiger partial charge in [-0.15, -0.1) is 0 Å². The lowest BCUT2D eigenvalue weighted by Gasteiger charge is -1.81. The highest BCUT2D eigenvalue weighted by Crippen LogP contribution is 1.90. The fourth-order valence-corrected chi connectivity index (χ4v) is 0.274. The van der Waals surface area contributed by atoms with Crippen molar-refractivity contribution in [1.29, 1.82) is 5.26 Å². The van der Waals surface area contributed by atoms with Gasteiger partial charge in [0.25, 0.3) is 0 Å². The zero-order chi connectivity index (χ0) is 7.28. The van der Waals surface area contributed by atoms with E-state index >= 15 is 0 Å². The first-order chi connectivity index (χ1) is 4.22. The van der Waals surface area contributed by atoms with E-state index in [0.717, 1.165) is 6.08 Å². The summed E-state index contributed by atoms with van der Waals surface area (Å²) in [6, 6.07) is 1.49. The lowest BCUT2D eigenvalue weighted by atomic mass is 10.3. The van der Waals surface area contributed by atoms with Crippen molar-refractivity contribution in [3.05, 3.63) is 24.3 Å². The van der Waals surface area contributed by atoms with E-state index in [-0.39, 0.29) is 5.57 Å². The quantitative estimate of drug-likeness (QED) is 0.334. The Morgan fingerprint density at radius 1 is 1.78 bits per heavy atom. The van der Waals surface area contributed by atoms with Crippen LogP contribution in [0.2, 0.25) is 0 Å². The van der Waals surface area contributed by atoms with E-state index in [0.29, 0.717) is 0 Å². The second kappa shape index (κ2) is 3.44. The van der Waals surface area contributed by atoms with E-state index in [1.54, 1.807) is 0 Å². The van der Waals surface area contributed by atoms with E-state index in [1.165, 1.54) is 12.1 Å². The van der Waals surface area contributed by atoms with Crippen LogP contribution in [0, 0.1) is 11.3 Å². The molecule has 0 radical (unpaired) electrons. The van der Waals surface area contributed by atoms with E-state index in [2.05, 4.69) is 6.58 Å². The summed E-state index contributed by atoms with van der Waals surface area (Å²) < 4.78 is 0. The van der Waals surface area contributed by atoms with Crippen LogP contribution in [0.3, 0.4) is 0 Å². The second-order valence-corrected chi connectivity index (χ2v) is 1.23. The van der Waals surface area contributed by atoms with Crippen LogP contribution in [-0.4, -0.2) is 11.1 Å². The molecule has 0 saturated heterocycles. The van der Waals surface area contributed by atoms with Gasteiger partial charge in [-0.3, -0.25) is 0 Å². The molecule has 3 nitrogen and oxygen atoms in total. The van der Waals surface area contributed by atoms with Crippen molar-refractivity contribution in [3.63, 3.8) is 0 Å². The highest BCUT2D eigenvalue weighted by atomic mass is 16.4. The topological polar surface area (TPSA) is 61.1 Å². The van der Waals surface area contributed by atoms with Gasteiger partial charge in [-0.05, 0) is 6.08 Å². The number of carbonyl (C=O) groups is 1. The summed E-state index contributed by atoms with van der Waals surface area (Å²) in [6.45, 7) is 3.24. The van der Waals surface area contributed by atoms with Crippen molar-refractivity contribution >= 4 is 5.97 Å². The monoisotopic (exact) mass is 123 g/mol. The van der Waals surface area contributed by atoms with Gasteiger partial charge in [0, 0.05) is 0 Å². The summed E-state index contributed by atoms with van der Waals surface area (Å²) in [5.41, 5.74) is -0.301. The van der Waals surface area contributed by atoms with E-state index < -0.39 is 5.97 Å². The first-order valence-electron chi connectivity index (χ1n) is 2.18. The molecule has 0 bridgehead atoms. The summed E-state index contributed by atoms with van der Waals surface area (Å²) in [4.78, 5) is 9.98. The van der Waals surface area contributed by atoms with Gasteiger partial charge in [-0.1, -0.05) is 12.7 Å². The summed E-state index contributed by atoms with van der Waals surface area (Å²) in [5, 5.41) is 16.2. The molecule has 0 spiro atoms. The Labute approximate surface area is 52.5 Å². The van der Waals surface area contributed by atoms with Crippen LogP contribution in [0.25, 0.3) is 0 Å². The zero-order valence-corrected chi connectivity index (χ0v) is 4.66. The van der Waals surface area contributed by atoms with Gasteiger partial charge < -0.3 is 5.11 Å². The number of nitriles is 1. The molecule has 0 aromatic heterocycles. The average Bonchev–Trinajstić information content (AvgIpc) is 1.82. The second-order valence-electron chi connectivity index (χ2n) is 1.23. The normalized spacial score (nSPS) is 9.89. The number of rotatable bonds is 2. The Kier molecular flexibility index (Phi) is 2.85. The Hall–Kier alpha value is -1.56. The number of nitrogens with zero attached hydrogens (tertiary/aromatic N) is 1. The molecule has 0 rings (SSSR count). The summed E-state index contributed by atoms with van der Waals surface area (Å²) in [7, 11) is 0. The van der Waals surface area contributed by atoms with Crippen molar-refractivity contribution in [2.45, 2.75) is 0 Å². The van der Waals surface area contributed by atoms with Crippen molar-refractivity contribution in [3.8, 4) is 6.07 Å². The number of hydrogen-bond acceptors (Lipinski definition) is 2. The molecule has 0 saturated carbocycles. The fraction of sp³-hybridized carbons (Fsp3) is 0. The highest BCUT2D eigenvalue weighted by Gasteiger charge is 2.01. The first-order valence-corrected chi connectivity index (χ1v) is 2.18. The third-order valence-electron chi connectivity index (χ3n) is 0.635. The molecule has 0 aromatic carbocycles. The Morgan fingerprint density at radius 3 is 2.44 bits per heavy atom. The Morgan fingerprint density at radius 2 is 2.33 bits per heavy atom. The van der Waals surface area contributed by atoms with Crippen molar-refractivity contribution < 1.29 is 9.90 Å². The standard InChI is InChI=1S/C6H5NO2/c1-2-3-5(4-7)6(8)9/h2-3H,1H2,(H,8,9). The lowest BCUT2D eigenvalue weighted by molar-refractivity contribution is -0.132. The van der Waals surface area contributed by atoms with Crippen molar-refractivity contribution in [2.75, 3.05) is 0 Å². The Balaban J connectivity index is 4.38. The summed E-state index contributed by atoms with van der Waals surface area (Å²) >= 11 is 0. The molecule has 0 aromatic rings. The molecule has 0 aliphatic heterocycles. The fourth-order valence-electron chi connectivity index (χ4n) is 0.274. The smallest absolute Gasteiger partial charge is 0.346 e. The van der Waals surface area contributed by atoms with Crippen molar-refractivity contribution in [2.24, 2.45) is 0 Å². The molecule has 9 heavy (non-hydrogen) atoms. The number of carboxylic acid groups (broad SMARTS) is 1. The predicted octanol–water partition coefficient (Wildman–Crippen LogP) is 0.707. The Bertz CT molecular complexity index is 198. The van der Waals surface area contributed by atoms with Crippen LogP contribution in [0.5, 0.6) is 0 Å². The van der Waals surface area contributed by atoms with Gasteiger partial charge in [-0.2, -0.15) is 5.26 Å². The van der Waals surface area contributed by atoms with E-state index in [1.807, 2.05) is 0 Å². The third-order valence-corrected chi connectivity index (χ3v) is 0.635. The van der Waals surface area contributed by atoms with Crippen LogP contribution < -0.4 is 0 Å². The number of allylic oxidation sites excluding steroid dienone is 2. The first kappa shape index (κ1) is 7.44. The summed E-state index contributed by atoms with van der Waals surface area (Å²) in [5.74, 6) is -1.22. The van der Waals surface area contributed by atoms with Gasteiger partial charge in [0.15, 0.2) is 0 Å². The SMILES string of the molecule is C=CC=C(C#N)C(=O)O. The molecule has 0 fully saturated rings. The molecular formula is C6H5NO2. The molecule has 0 aliphatic carbocycles. The van der Waals surface area contributed by atoms with E-state index in [9.17, 15) is 4.79 Å². The maximum absolute atomic E-state index is 9.98. The van der Waals surface area contributed by atoms with E-state index in [4.69, 9.17) is 10.4 Å². The van der Waals surface area contributed by atoms with Crippen LogP contribution in [-0.2, 0) is 4.79 Å². The minimum absolute atomic E-state index is 0.301. The van der Waals surface area contributed by atoms with Gasteiger partial charge in [0.05, 0.1) is 0 Å². The lowest BCUT2D eigenvalue weighted by Crippen LogP contribution is -1.96. The van der Waals surface area contributed by atoms with Gasteiger partial charge >= 0.3 is 5.97 Å². The summed E-state index contributed by atoms with van der Waals surface area (Å²) in [6.07, 6.45) is 2.40. The number of hydrogen-bond donors (Lipinski definition) is 1. The molecular weight excluding hydrogens is 118 g/mol. The zero-order valence-electron chi connectivity index (χ0n) is 4.66. The number of carboxylic acids is 1. The molecule has 3 heteroatoms. The average molecular weight is 123 g/mol. The van der Waals surface area contributed by atoms with Gasteiger partial charge in [0.2, 0.25) is 0 Å². The van der Waals surface area contributed by atoms with Crippen LogP contribution in [0.1, 0.15) is 0 Å². The number of aliphatic carboxylic acids is 1. The van der Waals surface area contributed by atoms with Crippen LogP contribution in [0.15, 0.2) is 24.3 Å². The minimum Gasteiger partial charge on any atom is -0.477 e. The van der Waals surface area contributed by atoms with Gasteiger partial charge in [-0.25, -0.2) is 4.79 Å². The maximum atomic E-state index is 9.98. The minimum atomic E-state index is -1.22. The molecule has 1 N–H and O–H groups in total. The molecule has 0 heterocycles.